The summed E-state index contributed by atoms with van der Waals surface area (Å²) < 4.78 is 2.39. The van der Waals surface area contributed by atoms with Crippen molar-refractivity contribution in [2.45, 2.75) is 19.3 Å². The Bertz CT molecular complexity index is 3170. The van der Waals surface area contributed by atoms with Crippen LogP contribution in [-0.4, -0.2) is 4.57 Å². The minimum Gasteiger partial charge on any atom is -0.310 e. The van der Waals surface area contributed by atoms with E-state index in [0.29, 0.717) is 0 Å². The second-order valence-corrected chi connectivity index (χ2v) is 16.1. The standard InChI is InChI=1S/C57H42N2/c1-57(2)51-28-14-11-24-47(51)48-37-36-43(38-52(48)57)58(53-29-15-12-25-49(53)46-23-10-9-22-44(46)39-18-5-3-6-19-39)42-34-32-40(33-35-42)45-27-17-31-55-56(45)50-26-13-16-30-54(50)59(55)41-20-7-4-8-21-41/h3-38H,1-2H3. The summed E-state index contributed by atoms with van der Waals surface area (Å²) in [5, 5.41) is 2.51. The van der Waals surface area contributed by atoms with Crippen molar-refractivity contribution >= 4 is 38.9 Å². The Morgan fingerprint density at radius 1 is 0.373 bits per heavy atom. The Hall–Kier alpha value is -7.42. The minimum absolute atomic E-state index is 0.130. The van der Waals surface area contributed by atoms with Gasteiger partial charge in [-0.2, -0.15) is 0 Å². The number of hydrogen-bond acceptors (Lipinski definition) is 1. The fourth-order valence-electron chi connectivity index (χ4n) is 9.65. The molecule has 0 spiro atoms. The van der Waals surface area contributed by atoms with Crippen LogP contribution >= 0.6 is 0 Å². The van der Waals surface area contributed by atoms with Gasteiger partial charge in [0.25, 0.3) is 0 Å². The molecule has 0 aliphatic heterocycles. The zero-order valence-electron chi connectivity index (χ0n) is 33.2. The van der Waals surface area contributed by atoms with Gasteiger partial charge in [0.1, 0.15) is 0 Å². The Morgan fingerprint density at radius 3 is 1.73 bits per heavy atom. The highest BCUT2D eigenvalue weighted by Crippen LogP contribution is 2.52. The quantitative estimate of drug-likeness (QED) is 0.157. The molecular formula is C57H42N2. The maximum Gasteiger partial charge on any atom is 0.0547 e. The van der Waals surface area contributed by atoms with Gasteiger partial charge in [0.05, 0.1) is 16.7 Å². The van der Waals surface area contributed by atoms with Crippen molar-refractivity contribution in [3.63, 3.8) is 0 Å². The molecular weight excluding hydrogens is 713 g/mol. The summed E-state index contributed by atoms with van der Waals surface area (Å²) in [4.78, 5) is 2.46. The molecule has 0 N–H and O–H groups in total. The van der Waals surface area contributed by atoms with E-state index >= 15 is 0 Å². The number of nitrogens with zero attached hydrogens (tertiary/aromatic N) is 2. The van der Waals surface area contributed by atoms with Crippen LogP contribution in [0.2, 0.25) is 0 Å². The molecule has 1 aliphatic carbocycles. The lowest BCUT2D eigenvalue weighted by molar-refractivity contribution is 0.660. The van der Waals surface area contributed by atoms with Gasteiger partial charge in [-0.05, 0) is 105 Å². The summed E-state index contributed by atoms with van der Waals surface area (Å²) in [5.74, 6) is 0. The van der Waals surface area contributed by atoms with Gasteiger partial charge in [-0.25, -0.2) is 0 Å². The number of rotatable bonds is 7. The molecule has 9 aromatic carbocycles. The SMILES string of the molecule is CC1(C)c2ccccc2-c2ccc(N(c3ccc(-c4cccc5c4c4ccccc4n5-c4ccccc4)cc3)c3ccccc3-c3ccccc3-c3ccccc3)cc21. The van der Waals surface area contributed by atoms with Gasteiger partial charge in [-0.3, -0.25) is 0 Å². The van der Waals surface area contributed by atoms with Gasteiger partial charge in [0.15, 0.2) is 0 Å². The van der Waals surface area contributed by atoms with Crippen LogP contribution in [0, 0.1) is 0 Å². The lowest BCUT2D eigenvalue weighted by Crippen LogP contribution is -2.17. The van der Waals surface area contributed by atoms with E-state index in [1.165, 1.54) is 77.4 Å². The molecule has 0 unspecified atom stereocenters. The van der Waals surface area contributed by atoms with Crippen LogP contribution in [-0.2, 0) is 5.41 Å². The first-order valence-electron chi connectivity index (χ1n) is 20.5. The van der Waals surface area contributed by atoms with Crippen molar-refractivity contribution in [3.8, 4) is 50.2 Å². The first-order chi connectivity index (χ1) is 29.1. The molecule has 1 aliphatic rings. The predicted octanol–water partition coefficient (Wildman–Crippen LogP) is 15.6. The number of anilines is 3. The number of benzene rings is 9. The molecule has 0 bridgehead atoms. The Morgan fingerprint density at radius 2 is 0.932 bits per heavy atom. The van der Waals surface area contributed by atoms with Crippen molar-refractivity contribution in [3.05, 3.63) is 230 Å². The van der Waals surface area contributed by atoms with Gasteiger partial charge in [0, 0.05) is 38.8 Å². The predicted molar refractivity (Wildman–Crippen MR) is 249 cm³/mol. The number of aromatic nitrogens is 1. The number of para-hydroxylation sites is 3. The number of fused-ring (bicyclic) bond motifs is 6. The van der Waals surface area contributed by atoms with Crippen LogP contribution in [0.5, 0.6) is 0 Å². The highest BCUT2D eigenvalue weighted by Gasteiger charge is 2.36. The molecule has 280 valence electrons. The second-order valence-electron chi connectivity index (χ2n) is 16.1. The van der Waals surface area contributed by atoms with Gasteiger partial charge in [0.2, 0.25) is 0 Å². The summed E-state index contributed by atoms with van der Waals surface area (Å²) in [6.45, 7) is 4.72. The maximum atomic E-state index is 2.46. The third-order valence-corrected chi connectivity index (χ3v) is 12.4. The van der Waals surface area contributed by atoms with Crippen LogP contribution in [0.4, 0.5) is 17.1 Å². The molecule has 10 aromatic rings. The first-order valence-corrected chi connectivity index (χ1v) is 20.5. The molecule has 59 heavy (non-hydrogen) atoms. The van der Waals surface area contributed by atoms with Gasteiger partial charge >= 0.3 is 0 Å². The van der Waals surface area contributed by atoms with Gasteiger partial charge in [-0.1, -0.05) is 178 Å². The fourth-order valence-corrected chi connectivity index (χ4v) is 9.65. The van der Waals surface area contributed by atoms with Crippen molar-refractivity contribution in [2.24, 2.45) is 0 Å². The summed E-state index contributed by atoms with van der Waals surface area (Å²) >= 11 is 0. The molecule has 0 radical (unpaired) electrons. The molecule has 0 saturated heterocycles. The van der Waals surface area contributed by atoms with Gasteiger partial charge in [-0.15, -0.1) is 0 Å². The monoisotopic (exact) mass is 754 g/mol. The van der Waals surface area contributed by atoms with E-state index in [9.17, 15) is 0 Å². The summed E-state index contributed by atoms with van der Waals surface area (Å²) in [6.07, 6.45) is 0. The summed E-state index contributed by atoms with van der Waals surface area (Å²) in [6, 6.07) is 79.8. The normalized spacial score (nSPS) is 12.7. The lowest BCUT2D eigenvalue weighted by Gasteiger charge is -2.30. The topological polar surface area (TPSA) is 8.17 Å². The number of hydrogen-bond donors (Lipinski definition) is 0. The third kappa shape index (κ3) is 5.63. The smallest absolute Gasteiger partial charge is 0.0547 e. The zero-order valence-corrected chi connectivity index (χ0v) is 33.2. The maximum absolute atomic E-state index is 2.46. The second kappa shape index (κ2) is 13.9. The van der Waals surface area contributed by atoms with E-state index < -0.39 is 0 Å². The van der Waals surface area contributed by atoms with Gasteiger partial charge < -0.3 is 9.47 Å². The highest BCUT2D eigenvalue weighted by molar-refractivity contribution is 6.15. The van der Waals surface area contributed by atoms with Crippen molar-refractivity contribution < 1.29 is 0 Å². The molecule has 11 rings (SSSR count). The average molecular weight is 755 g/mol. The fraction of sp³-hybridized carbons (Fsp3) is 0.0526. The van der Waals surface area contributed by atoms with E-state index in [4.69, 9.17) is 0 Å². The van der Waals surface area contributed by atoms with Crippen LogP contribution < -0.4 is 4.90 Å². The first kappa shape index (κ1) is 34.8. The van der Waals surface area contributed by atoms with E-state index in [1.54, 1.807) is 0 Å². The molecule has 1 aromatic heterocycles. The van der Waals surface area contributed by atoms with Crippen LogP contribution in [0.25, 0.3) is 72.0 Å². The molecule has 2 nitrogen and oxygen atoms in total. The molecule has 0 atom stereocenters. The molecule has 0 saturated carbocycles. The molecule has 0 amide bonds. The molecule has 1 heterocycles. The van der Waals surface area contributed by atoms with Crippen molar-refractivity contribution in [1.82, 2.24) is 4.57 Å². The van der Waals surface area contributed by atoms with Crippen LogP contribution in [0.1, 0.15) is 25.0 Å². The highest BCUT2D eigenvalue weighted by atomic mass is 15.1. The van der Waals surface area contributed by atoms with E-state index in [-0.39, 0.29) is 5.41 Å². The van der Waals surface area contributed by atoms with Crippen LogP contribution in [0.15, 0.2) is 218 Å². The van der Waals surface area contributed by atoms with Crippen molar-refractivity contribution in [2.75, 3.05) is 4.90 Å². The third-order valence-electron chi connectivity index (χ3n) is 12.4. The van der Waals surface area contributed by atoms with E-state index in [1.807, 2.05) is 0 Å². The van der Waals surface area contributed by atoms with Crippen molar-refractivity contribution in [1.29, 1.82) is 0 Å². The Kier molecular flexibility index (Phi) is 8.20. The summed E-state index contributed by atoms with van der Waals surface area (Å²) in [7, 11) is 0. The molecule has 2 heteroatoms. The zero-order chi connectivity index (χ0) is 39.5. The minimum atomic E-state index is -0.130. The van der Waals surface area contributed by atoms with E-state index in [0.717, 1.165) is 22.7 Å². The Balaban J connectivity index is 1.10. The lowest BCUT2D eigenvalue weighted by atomic mass is 9.82. The van der Waals surface area contributed by atoms with Crippen LogP contribution in [0.3, 0.4) is 0 Å². The summed E-state index contributed by atoms with van der Waals surface area (Å²) in [5.41, 5.74) is 19.4. The largest absolute Gasteiger partial charge is 0.310 e. The molecule has 0 fully saturated rings. The average Bonchev–Trinajstić information content (AvgIpc) is 3.76. The Labute approximate surface area is 345 Å². The van der Waals surface area contributed by atoms with E-state index in [2.05, 4.69) is 242 Å².